The van der Waals surface area contributed by atoms with Crippen LogP contribution in [0.5, 0.6) is 0 Å². The smallest absolute Gasteiger partial charge is 0.257 e. The number of carbonyl (C=O) groups is 2. The number of nitrogens with zero attached hydrogens (tertiary/aromatic N) is 4. The minimum absolute atomic E-state index is 0.0332. The van der Waals surface area contributed by atoms with Gasteiger partial charge in [0.05, 0.1) is 23.0 Å². The average molecular weight is 432 g/mol. The zero-order valence-corrected chi connectivity index (χ0v) is 17.7. The van der Waals surface area contributed by atoms with Crippen molar-refractivity contribution in [3.63, 3.8) is 0 Å². The lowest BCUT2D eigenvalue weighted by molar-refractivity contribution is -0.121. The van der Waals surface area contributed by atoms with Gasteiger partial charge in [0.2, 0.25) is 5.91 Å². The lowest BCUT2D eigenvalue weighted by Crippen LogP contribution is -2.39. The minimum Gasteiger partial charge on any atom is -0.443 e. The molecular formula is C23H24N6O3. The van der Waals surface area contributed by atoms with Gasteiger partial charge in [0.15, 0.2) is 12.0 Å². The molecule has 3 aromatic heterocycles. The predicted molar refractivity (Wildman–Crippen MR) is 120 cm³/mol. The van der Waals surface area contributed by atoms with Crippen LogP contribution >= 0.6 is 0 Å². The number of fused-ring (bicyclic) bond motifs is 2. The molecule has 1 aliphatic heterocycles. The molecule has 164 valence electrons. The fraction of sp³-hybridized carbons (Fsp3) is 0.304. The van der Waals surface area contributed by atoms with Crippen LogP contribution in [0.3, 0.4) is 0 Å². The zero-order valence-electron chi connectivity index (χ0n) is 17.7. The molecule has 0 spiro atoms. The molecule has 4 heterocycles. The van der Waals surface area contributed by atoms with E-state index in [1.807, 2.05) is 41.4 Å². The number of anilines is 2. The number of carbonyl (C=O) groups excluding carboxylic acids is 2. The molecule has 0 saturated carbocycles. The van der Waals surface area contributed by atoms with Crippen LogP contribution in [0.2, 0.25) is 0 Å². The highest BCUT2D eigenvalue weighted by molar-refractivity contribution is 6.01. The molecule has 0 radical (unpaired) electrons. The number of hydrogen-bond acceptors (Lipinski definition) is 6. The summed E-state index contributed by atoms with van der Waals surface area (Å²) < 4.78 is 7.07. The van der Waals surface area contributed by atoms with E-state index in [-0.39, 0.29) is 11.8 Å². The maximum Gasteiger partial charge on any atom is 0.257 e. The number of rotatable bonds is 5. The summed E-state index contributed by atoms with van der Waals surface area (Å²) in [6, 6.07) is 9.51. The standard InChI is InChI=1S/C23H24N6O3/c1-24-21(30)11-15-5-8-28(9-6-15)23(31)17-13-26-29-10-7-16(12-19(17)29)27-18-3-2-4-20-22(18)25-14-32-20/h2-4,7,10,12-15,27H,5-6,8-9,11H2,1H3,(H,24,30). The molecule has 9 nitrogen and oxygen atoms in total. The summed E-state index contributed by atoms with van der Waals surface area (Å²) in [5, 5.41) is 10.4. The fourth-order valence-electron chi connectivity index (χ4n) is 4.24. The van der Waals surface area contributed by atoms with Gasteiger partial charge in [-0.25, -0.2) is 9.50 Å². The number of aromatic nitrogens is 3. The van der Waals surface area contributed by atoms with E-state index in [9.17, 15) is 9.59 Å². The van der Waals surface area contributed by atoms with E-state index < -0.39 is 0 Å². The second-order valence-electron chi connectivity index (χ2n) is 8.05. The van der Waals surface area contributed by atoms with Crippen molar-refractivity contribution in [2.45, 2.75) is 19.3 Å². The van der Waals surface area contributed by atoms with Crippen LogP contribution in [-0.4, -0.2) is 51.4 Å². The first-order valence-corrected chi connectivity index (χ1v) is 10.7. The Morgan fingerprint density at radius 3 is 2.88 bits per heavy atom. The molecule has 1 aliphatic rings. The van der Waals surface area contributed by atoms with Crippen LogP contribution in [0.4, 0.5) is 11.4 Å². The number of nitrogens with one attached hydrogen (secondary N) is 2. The number of hydrogen-bond donors (Lipinski definition) is 2. The SMILES string of the molecule is CNC(=O)CC1CCN(C(=O)c2cnn3ccc(Nc4cccc5ocnc45)cc23)CC1. The number of benzene rings is 1. The van der Waals surface area contributed by atoms with Crippen molar-refractivity contribution in [3.8, 4) is 0 Å². The molecule has 2 amide bonds. The Hall–Kier alpha value is -3.88. The Bertz CT molecular complexity index is 1290. The van der Waals surface area contributed by atoms with Crippen LogP contribution in [0.1, 0.15) is 29.6 Å². The maximum absolute atomic E-state index is 13.2. The first-order chi connectivity index (χ1) is 15.6. The molecule has 0 bridgehead atoms. The number of oxazole rings is 1. The Morgan fingerprint density at radius 1 is 1.22 bits per heavy atom. The highest BCUT2D eigenvalue weighted by Gasteiger charge is 2.26. The molecule has 0 atom stereocenters. The topological polar surface area (TPSA) is 105 Å². The quantitative estimate of drug-likeness (QED) is 0.502. The van der Waals surface area contributed by atoms with Crippen molar-refractivity contribution in [1.29, 1.82) is 0 Å². The van der Waals surface area contributed by atoms with Gasteiger partial charge >= 0.3 is 0 Å². The summed E-state index contributed by atoms with van der Waals surface area (Å²) in [5.74, 6) is 0.339. The average Bonchev–Trinajstić information content (AvgIpc) is 3.46. The summed E-state index contributed by atoms with van der Waals surface area (Å²) in [7, 11) is 1.65. The summed E-state index contributed by atoms with van der Waals surface area (Å²) in [6.07, 6.45) is 7.04. The monoisotopic (exact) mass is 432 g/mol. The van der Waals surface area contributed by atoms with Gasteiger partial charge in [0.25, 0.3) is 5.91 Å². The molecule has 4 aromatic rings. The van der Waals surface area contributed by atoms with Crippen molar-refractivity contribution in [2.75, 3.05) is 25.5 Å². The first-order valence-electron chi connectivity index (χ1n) is 10.7. The third-order valence-corrected chi connectivity index (χ3v) is 6.05. The molecule has 0 unspecified atom stereocenters. The van der Waals surface area contributed by atoms with E-state index in [4.69, 9.17) is 4.42 Å². The Morgan fingerprint density at radius 2 is 2.06 bits per heavy atom. The number of likely N-dealkylation sites (tertiary alicyclic amines) is 1. The highest BCUT2D eigenvalue weighted by Crippen LogP contribution is 2.27. The molecular weight excluding hydrogens is 408 g/mol. The summed E-state index contributed by atoms with van der Waals surface area (Å²) in [5.41, 5.74) is 4.41. The molecule has 1 fully saturated rings. The van der Waals surface area contributed by atoms with Gasteiger partial charge in [-0.3, -0.25) is 9.59 Å². The zero-order chi connectivity index (χ0) is 22.1. The van der Waals surface area contributed by atoms with Crippen LogP contribution in [0, 0.1) is 5.92 Å². The van der Waals surface area contributed by atoms with Gasteiger partial charge in [-0.15, -0.1) is 0 Å². The number of amides is 2. The van der Waals surface area contributed by atoms with Gasteiger partial charge < -0.3 is 20.0 Å². The molecule has 1 aromatic carbocycles. The third-order valence-electron chi connectivity index (χ3n) is 6.05. The number of para-hydroxylation sites is 1. The Balaban J connectivity index is 1.34. The van der Waals surface area contributed by atoms with Crippen molar-refractivity contribution in [1.82, 2.24) is 24.8 Å². The predicted octanol–water partition coefficient (Wildman–Crippen LogP) is 3.21. The lowest BCUT2D eigenvalue weighted by Gasteiger charge is -2.31. The molecule has 0 aliphatic carbocycles. The second kappa shape index (κ2) is 8.33. The lowest BCUT2D eigenvalue weighted by atomic mass is 9.93. The third kappa shape index (κ3) is 3.77. The van der Waals surface area contributed by atoms with E-state index in [0.29, 0.717) is 36.6 Å². The Kier molecular flexibility index (Phi) is 5.22. The Labute approximate surface area is 184 Å². The summed E-state index contributed by atoms with van der Waals surface area (Å²) in [6.45, 7) is 1.29. The van der Waals surface area contributed by atoms with Crippen LogP contribution < -0.4 is 10.6 Å². The van der Waals surface area contributed by atoms with Gasteiger partial charge in [-0.1, -0.05) is 6.07 Å². The summed E-state index contributed by atoms with van der Waals surface area (Å²) in [4.78, 5) is 31.0. The van der Waals surface area contributed by atoms with Gasteiger partial charge in [-0.2, -0.15) is 5.10 Å². The molecule has 32 heavy (non-hydrogen) atoms. The number of pyridine rings is 1. The van der Waals surface area contributed by atoms with Gasteiger partial charge in [0.1, 0.15) is 5.52 Å². The van der Waals surface area contributed by atoms with Gasteiger partial charge in [-0.05, 0) is 43.0 Å². The fourth-order valence-corrected chi connectivity index (χ4v) is 4.24. The van der Waals surface area contributed by atoms with E-state index in [0.717, 1.165) is 35.2 Å². The van der Waals surface area contributed by atoms with Crippen LogP contribution in [0.25, 0.3) is 16.6 Å². The highest BCUT2D eigenvalue weighted by atomic mass is 16.3. The second-order valence-corrected chi connectivity index (χ2v) is 8.05. The largest absolute Gasteiger partial charge is 0.443 e. The summed E-state index contributed by atoms with van der Waals surface area (Å²) >= 11 is 0. The first kappa shape index (κ1) is 20.0. The molecule has 9 heteroatoms. The normalized spacial score (nSPS) is 14.7. The van der Waals surface area contributed by atoms with Crippen LogP contribution in [0.15, 0.2) is 53.5 Å². The van der Waals surface area contributed by atoms with E-state index in [2.05, 4.69) is 20.7 Å². The van der Waals surface area contributed by atoms with Crippen molar-refractivity contribution < 1.29 is 14.0 Å². The maximum atomic E-state index is 13.2. The minimum atomic E-state index is -0.0332. The van der Waals surface area contributed by atoms with Crippen molar-refractivity contribution in [3.05, 3.63) is 54.7 Å². The van der Waals surface area contributed by atoms with Crippen molar-refractivity contribution >= 4 is 39.8 Å². The van der Waals surface area contributed by atoms with Gasteiger partial charge in [0, 0.05) is 38.4 Å². The van der Waals surface area contributed by atoms with E-state index in [1.54, 1.807) is 17.8 Å². The van der Waals surface area contributed by atoms with E-state index >= 15 is 0 Å². The van der Waals surface area contributed by atoms with Crippen molar-refractivity contribution in [2.24, 2.45) is 5.92 Å². The molecule has 2 N–H and O–H groups in total. The van der Waals surface area contributed by atoms with E-state index in [1.165, 1.54) is 6.39 Å². The molecule has 5 rings (SSSR count). The molecule has 1 saturated heterocycles. The number of piperidine rings is 1. The van der Waals surface area contributed by atoms with Crippen LogP contribution in [-0.2, 0) is 4.79 Å².